The van der Waals surface area contributed by atoms with E-state index in [0.29, 0.717) is 11.7 Å². The molecule has 1 amide bonds. The number of carbonyl (C=O) groups is 1. The minimum absolute atomic E-state index is 0.0479. The van der Waals surface area contributed by atoms with Crippen LogP contribution in [0.4, 0.5) is 0 Å². The van der Waals surface area contributed by atoms with E-state index in [9.17, 15) is 4.79 Å². The zero-order valence-corrected chi connectivity index (χ0v) is 13.7. The lowest BCUT2D eigenvalue weighted by Crippen LogP contribution is -2.44. The molecule has 5 nitrogen and oxygen atoms in total. The fraction of sp³-hybridized carbons (Fsp3) is 0.733. The standard InChI is InChI=1S/C15H24N4OS/c1-3-19-13-5-4-11(18-6-8-21-9-7-18)10-12(13)14(17-19)15(20)16-2/h11H,3-10H2,1-2H3,(H,16,20). The molecule has 1 unspecified atom stereocenters. The van der Waals surface area contributed by atoms with Crippen LogP contribution in [0.15, 0.2) is 0 Å². The molecule has 1 aromatic rings. The van der Waals surface area contributed by atoms with Crippen molar-refractivity contribution in [2.75, 3.05) is 31.6 Å². The lowest BCUT2D eigenvalue weighted by molar-refractivity contribution is 0.0955. The van der Waals surface area contributed by atoms with Crippen molar-refractivity contribution >= 4 is 17.7 Å². The summed E-state index contributed by atoms with van der Waals surface area (Å²) in [6.07, 6.45) is 3.21. The summed E-state index contributed by atoms with van der Waals surface area (Å²) in [4.78, 5) is 14.7. The van der Waals surface area contributed by atoms with Gasteiger partial charge in [0.05, 0.1) is 0 Å². The van der Waals surface area contributed by atoms with Crippen LogP contribution >= 0.6 is 11.8 Å². The molecular weight excluding hydrogens is 284 g/mol. The average Bonchev–Trinajstić information content (AvgIpc) is 2.93. The molecule has 0 radical (unpaired) electrons. The number of nitrogens with one attached hydrogen (secondary N) is 1. The summed E-state index contributed by atoms with van der Waals surface area (Å²) in [7, 11) is 1.68. The molecule has 116 valence electrons. The van der Waals surface area contributed by atoms with Crippen molar-refractivity contribution in [1.29, 1.82) is 0 Å². The minimum atomic E-state index is -0.0479. The first kappa shape index (κ1) is 14.9. The summed E-state index contributed by atoms with van der Waals surface area (Å²) in [5, 5.41) is 7.27. The van der Waals surface area contributed by atoms with E-state index < -0.39 is 0 Å². The van der Waals surface area contributed by atoms with E-state index in [4.69, 9.17) is 0 Å². The molecule has 1 atom stereocenters. The van der Waals surface area contributed by atoms with Gasteiger partial charge in [0.25, 0.3) is 5.91 Å². The summed E-state index contributed by atoms with van der Waals surface area (Å²) in [5.74, 6) is 2.42. The monoisotopic (exact) mass is 308 g/mol. The molecule has 2 heterocycles. The van der Waals surface area contributed by atoms with Gasteiger partial charge in [0, 0.05) is 55.5 Å². The molecule has 3 rings (SSSR count). The Balaban J connectivity index is 1.86. The number of hydrogen-bond acceptors (Lipinski definition) is 4. The second-order valence-electron chi connectivity index (χ2n) is 5.71. The number of aromatic nitrogens is 2. The minimum Gasteiger partial charge on any atom is -0.354 e. The Morgan fingerprint density at radius 2 is 2.19 bits per heavy atom. The second-order valence-corrected chi connectivity index (χ2v) is 6.94. The summed E-state index contributed by atoms with van der Waals surface area (Å²) in [6, 6.07) is 0.580. The number of thioether (sulfide) groups is 1. The number of nitrogens with zero attached hydrogens (tertiary/aromatic N) is 3. The van der Waals surface area contributed by atoms with Gasteiger partial charge >= 0.3 is 0 Å². The fourth-order valence-corrected chi connectivity index (χ4v) is 4.42. The lowest BCUT2D eigenvalue weighted by Gasteiger charge is -2.36. The molecule has 1 fully saturated rings. The number of amides is 1. The van der Waals surface area contributed by atoms with Crippen LogP contribution in [0.5, 0.6) is 0 Å². The van der Waals surface area contributed by atoms with Crippen LogP contribution < -0.4 is 5.32 Å². The van der Waals surface area contributed by atoms with Crippen molar-refractivity contribution < 1.29 is 4.79 Å². The molecule has 2 aliphatic rings. The van der Waals surface area contributed by atoms with E-state index in [1.165, 1.54) is 42.3 Å². The van der Waals surface area contributed by atoms with Crippen LogP contribution in [0.2, 0.25) is 0 Å². The van der Waals surface area contributed by atoms with Crippen molar-refractivity contribution in [3.8, 4) is 0 Å². The highest BCUT2D eigenvalue weighted by atomic mass is 32.2. The Bertz CT molecular complexity index is 522. The average molecular weight is 308 g/mol. The fourth-order valence-electron chi connectivity index (χ4n) is 3.49. The number of aryl methyl sites for hydroxylation is 1. The van der Waals surface area contributed by atoms with Crippen molar-refractivity contribution in [3.63, 3.8) is 0 Å². The zero-order chi connectivity index (χ0) is 14.8. The van der Waals surface area contributed by atoms with E-state index in [1.54, 1.807) is 7.05 Å². The third kappa shape index (κ3) is 2.83. The summed E-state index contributed by atoms with van der Waals surface area (Å²) in [6.45, 7) is 5.29. The third-order valence-corrected chi connectivity index (χ3v) is 5.57. The van der Waals surface area contributed by atoms with Gasteiger partial charge in [-0.2, -0.15) is 16.9 Å². The number of fused-ring (bicyclic) bond motifs is 1. The molecule has 1 aromatic heterocycles. The van der Waals surface area contributed by atoms with Gasteiger partial charge in [-0.1, -0.05) is 0 Å². The Morgan fingerprint density at radius 3 is 2.86 bits per heavy atom. The van der Waals surface area contributed by atoms with Crippen LogP contribution in [-0.4, -0.2) is 58.3 Å². The van der Waals surface area contributed by atoms with Gasteiger partial charge in [-0.25, -0.2) is 0 Å². The first-order chi connectivity index (χ1) is 10.2. The smallest absolute Gasteiger partial charge is 0.271 e. The first-order valence-corrected chi connectivity index (χ1v) is 9.02. The molecule has 0 spiro atoms. The SMILES string of the molecule is CCn1nc(C(=O)NC)c2c1CCC(N1CCSCC1)C2. The largest absolute Gasteiger partial charge is 0.354 e. The Morgan fingerprint density at radius 1 is 1.43 bits per heavy atom. The Kier molecular flexibility index (Phi) is 4.54. The maximum absolute atomic E-state index is 12.1. The lowest BCUT2D eigenvalue weighted by atomic mass is 9.90. The van der Waals surface area contributed by atoms with Gasteiger partial charge in [0.2, 0.25) is 0 Å². The van der Waals surface area contributed by atoms with Crippen molar-refractivity contribution in [2.24, 2.45) is 0 Å². The Hall–Kier alpha value is -1.01. The summed E-state index contributed by atoms with van der Waals surface area (Å²) >= 11 is 2.05. The molecular formula is C15H24N4OS. The van der Waals surface area contributed by atoms with E-state index >= 15 is 0 Å². The number of carbonyl (C=O) groups excluding carboxylic acids is 1. The third-order valence-electron chi connectivity index (χ3n) is 4.62. The van der Waals surface area contributed by atoms with Crippen LogP contribution in [-0.2, 0) is 19.4 Å². The first-order valence-electron chi connectivity index (χ1n) is 7.87. The van der Waals surface area contributed by atoms with Crippen LogP contribution in [0.1, 0.15) is 35.1 Å². The predicted octanol–water partition coefficient (Wildman–Crippen LogP) is 1.17. The zero-order valence-electron chi connectivity index (χ0n) is 12.9. The molecule has 6 heteroatoms. The highest BCUT2D eigenvalue weighted by Crippen LogP contribution is 2.28. The molecule has 1 N–H and O–H groups in total. The van der Waals surface area contributed by atoms with Crippen molar-refractivity contribution in [1.82, 2.24) is 20.0 Å². The van der Waals surface area contributed by atoms with Gasteiger partial charge in [0.1, 0.15) is 0 Å². The topological polar surface area (TPSA) is 50.2 Å². The van der Waals surface area contributed by atoms with Crippen LogP contribution in [0.25, 0.3) is 0 Å². The number of hydrogen-bond donors (Lipinski definition) is 1. The molecule has 1 aliphatic carbocycles. The van der Waals surface area contributed by atoms with Gasteiger partial charge in [0.15, 0.2) is 5.69 Å². The van der Waals surface area contributed by atoms with E-state index in [0.717, 1.165) is 19.4 Å². The van der Waals surface area contributed by atoms with Crippen molar-refractivity contribution in [3.05, 3.63) is 17.0 Å². The van der Waals surface area contributed by atoms with E-state index in [2.05, 4.69) is 22.2 Å². The second kappa shape index (κ2) is 6.40. The maximum Gasteiger partial charge on any atom is 0.271 e. The highest BCUT2D eigenvalue weighted by Gasteiger charge is 2.31. The molecule has 21 heavy (non-hydrogen) atoms. The molecule has 0 aromatic carbocycles. The normalized spacial score (nSPS) is 22.9. The van der Waals surface area contributed by atoms with Gasteiger partial charge in [-0.05, 0) is 26.2 Å². The maximum atomic E-state index is 12.1. The van der Waals surface area contributed by atoms with Crippen LogP contribution in [0.3, 0.4) is 0 Å². The van der Waals surface area contributed by atoms with Gasteiger partial charge in [-0.15, -0.1) is 0 Å². The molecule has 1 aliphatic heterocycles. The van der Waals surface area contributed by atoms with Crippen LogP contribution in [0, 0.1) is 0 Å². The molecule has 0 bridgehead atoms. The molecule has 0 saturated carbocycles. The Labute approximate surface area is 130 Å². The number of rotatable bonds is 3. The highest BCUT2D eigenvalue weighted by molar-refractivity contribution is 7.99. The quantitative estimate of drug-likeness (QED) is 0.911. The van der Waals surface area contributed by atoms with Gasteiger partial charge < -0.3 is 5.32 Å². The summed E-state index contributed by atoms with van der Waals surface area (Å²) < 4.78 is 2.02. The van der Waals surface area contributed by atoms with E-state index in [-0.39, 0.29) is 5.91 Å². The molecule has 1 saturated heterocycles. The van der Waals surface area contributed by atoms with Crippen molar-refractivity contribution in [2.45, 2.75) is 38.8 Å². The predicted molar refractivity (Wildman–Crippen MR) is 86.0 cm³/mol. The summed E-state index contributed by atoms with van der Waals surface area (Å²) in [5.41, 5.74) is 3.11. The van der Waals surface area contributed by atoms with E-state index in [1.807, 2.05) is 16.4 Å². The van der Waals surface area contributed by atoms with Gasteiger partial charge in [-0.3, -0.25) is 14.4 Å².